The zero-order valence-corrected chi connectivity index (χ0v) is 13.2. The summed E-state index contributed by atoms with van der Waals surface area (Å²) in [7, 11) is 0. The topological polar surface area (TPSA) is 46.9 Å². The highest BCUT2D eigenvalue weighted by Crippen LogP contribution is 2.20. The van der Waals surface area contributed by atoms with Crippen molar-refractivity contribution in [1.29, 1.82) is 0 Å². The van der Waals surface area contributed by atoms with Crippen molar-refractivity contribution in [2.24, 2.45) is 5.92 Å². The van der Waals surface area contributed by atoms with Gasteiger partial charge in [-0.1, -0.05) is 13.8 Å². The normalized spacial score (nSPS) is 11.1. The molecule has 130 valence electrons. The van der Waals surface area contributed by atoms with Crippen LogP contribution < -0.4 is 5.32 Å². The molecule has 1 heterocycles. The van der Waals surface area contributed by atoms with Crippen LogP contribution in [0.25, 0.3) is 0 Å². The standard InChI is InChI=1S/C16H17F4N3O/c1-3-9(4-2)16(24)21-13-5-6-23(22-13)8-10-14(19)11(17)7-12(18)15(10)20/h5-7,9H,3-4,8H2,1-2H3,(H,21,22,24). The Labute approximate surface area is 136 Å². The Bertz CT molecular complexity index is 715. The molecule has 1 aromatic carbocycles. The van der Waals surface area contributed by atoms with Crippen LogP contribution in [0.15, 0.2) is 18.3 Å². The van der Waals surface area contributed by atoms with Crippen molar-refractivity contribution < 1.29 is 22.4 Å². The van der Waals surface area contributed by atoms with Crippen LogP contribution in [0.5, 0.6) is 0 Å². The van der Waals surface area contributed by atoms with Crippen molar-refractivity contribution in [3.63, 3.8) is 0 Å². The molecule has 24 heavy (non-hydrogen) atoms. The van der Waals surface area contributed by atoms with Gasteiger partial charge in [0.2, 0.25) is 5.91 Å². The van der Waals surface area contributed by atoms with E-state index in [1.165, 1.54) is 12.3 Å². The van der Waals surface area contributed by atoms with Crippen molar-refractivity contribution in [2.75, 3.05) is 5.32 Å². The largest absolute Gasteiger partial charge is 0.309 e. The Kier molecular flexibility index (Phi) is 5.58. The Morgan fingerprint density at radius 1 is 1.17 bits per heavy atom. The fourth-order valence-corrected chi connectivity index (χ4v) is 2.33. The van der Waals surface area contributed by atoms with Gasteiger partial charge in [-0.3, -0.25) is 9.48 Å². The lowest BCUT2D eigenvalue weighted by Crippen LogP contribution is -2.22. The molecule has 0 bridgehead atoms. The van der Waals surface area contributed by atoms with E-state index in [9.17, 15) is 22.4 Å². The zero-order valence-electron chi connectivity index (χ0n) is 13.2. The lowest BCUT2D eigenvalue weighted by Gasteiger charge is -2.11. The third kappa shape index (κ3) is 3.74. The van der Waals surface area contributed by atoms with Gasteiger partial charge < -0.3 is 5.32 Å². The van der Waals surface area contributed by atoms with Crippen LogP contribution >= 0.6 is 0 Å². The van der Waals surface area contributed by atoms with E-state index < -0.39 is 35.4 Å². The van der Waals surface area contributed by atoms with Gasteiger partial charge in [0.25, 0.3) is 0 Å². The first-order valence-electron chi connectivity index (χ1n) is 7.53. The number of amides is 1. The maximum absolute atomic E-state index is 13.6. The van der Waals surface area contributed by atoms with Crippen molar-refractivity contribution in [1.82, 2.24) is 9.78 Å². The average molecular weight is 343 g/mol. The molecule has 0 fully saturated rings. The molecule has 0 atom stereocenters. The van der Waals surface area contributed by atoms with Crippen LogP contribution in [0, 0.1) is 29.2 Å². The second kappa shape index (κ2) is 7.46. The molecular formula is C16H17F4N3O. The summed E-state index contributed by atoms with van der Waals surface area (Å²) < 4.78 is 54.8. The van der Waals surface area contributed by atoms with Crippen molar-refractivity contribution >= 4 is 11.7 Å². The number of nitrogens with zero attached hydrogens (tertiary/aromatic N) is 2. The first kappa shape index (κ1) is 18.0. The molecule has 0 unspecified atom stereocenters. The number of benzene rings is 1. The Hall–Kier alpha value is -2.38. The molecular weight excluding hydrogens is 326 g/mol. The fraction of sp³-hybridized carbons (Fsp3) is 0.375. The number of hydrogen-bond donors (Lipinski definition) is 1. The minimum atomic E-state index is -1.47. The second-order valence-electron chi connectivity index (χ2n) is 5.35. The number of rotatable bonds is 6. The van der Waals surface area contributed by atoms with Crippen LogP contribution in [0.4, 0.5) is 23.4 Å². The number of carbonyl (C=O) groups is 1. The van der Waals surface area contributed by atoms with E-state index in [4.69, 9.17) is 0 Å². The van der Waals surface area contributed by atoms with Crippen LogP contribution in [0.2, 0.25) is 0 Å². The highest BCUT2D eigenvalue weighted by molar-refractivity contribution is 5.91. The number of halogens is 4. The van der Waals surface area contributed by atoms with Crippen LogP contribution in [0.1, 0.15) is 32.3 Å². The first-order chi connectivity index (χ1) is 11.4. The van der Waals surface area contributed by atoms with Gasteiger partial charge in [0.1, 0.15) is 0 Å². The van der Waals surface area contributed by atoms with E-state index in [1.807, 2.05) is 13.8 Å². The molecule has 0 aliphatic rings. The smallest absolute Gasteiger partial charge is 0.228 e. The number of carbonyl (C=O) groups excluding carboxylic acids is 1. The molecule has 0 aliphatic carbocycles. The SMILES string of the molecule is CCC(CC)C(=O)Nc1ccn(Cc2c(F)c(F)cc(F)c2F)n1. The average Bonchev–Trinajstić information content (AvgIpc) is 2.98. The highest BCUT2D eigenvalue weighted by atomic mass is 19.2. The number of aromatic nitrogens is 2. The molecule has 4 nitrogen and oxygen atoms in total. The molecule has 2 aromatic rings. The quantitative estimate of drug-likeness (QED) is 0.639. The fourth-order valence-electron chi connectivity index (χ4n) is 2.33. The van der Waals surface area contributed by atoms with E-state index in [1.54, 1.807) is 0 Å². The summed E-state index contributed by atoms with van der Waals surface area (Å²) in [6.07, 6.45) is 2.69. The summed E-state index contributed by atoms with van der Waals surface area (Å²) in [6, 6.07) is 1.59. The van der Waals surface area contributed by atoms with Crippen LogP contribution in [-0.2, 0) is 11.3 Å². The lowest BCUT2D eigenvalue weighted by molar-refractivity contribution is -0.120. The number of nitrogens with one attached hydrogen (secondary N) is 1. The monoisotopic (exact) mass is 343 g/mol. The Balaban J connectivity index is 2.17. The minimum Gasteiger partial charge on any atom is -0.309 e. The molecule has 2 rings (SSSR count). The first-order valence-corrected chi connectivity index (χ1v) is 7.53. The van der Waals surface area contributed by atoms with Crippen molar-refractivity contribution in [3.8, 4) is 0 Å². The van der Waals surface area contributed by atoms with Crippen LogP contribution in [0.3, 0.4) is 0 Å². The summed E-state index contributed by atoms with van der Waals surface area (Å²) in [6.45, 7) is 3.26. The van der Waals surface area contributed by atoms with Gasteiger partial charge >= 0.3 is 0 Å². The van der Waals surface area contributed by atoms with Gasteiger partial charge in [0.05, 0.1) is 12.1 Å². The molecule has 0 saturated heterocycles. The highest BCUT2D eigenvalue weighted by Gasteiger charge is 2.20. The molecule has 8 heteroatoms. The van der Waals surface area contributed by atoms with Gasteiger partial charge in [-0.15, -0.1) is 0 Å². The summed E-state index contributed by atoms with van der Waals surface area (Å²) >= 11 is 0. The molecule has 0 aliphatic heterocycles. The van der Waals surface area contributed by atoms with Gasteiger partial charge in [0.15, 0.2) is 29.1 Å². The van der Waals surface area contributed by atoms with Crippen molar-refractivity contribution in [2.45, 2.75) is 33.2 Å². The molecule has 0 radical (unpaired) electrons. The number of anilines is 1. The summed E-state index contributed by atoms with van der Waals surface area (Å²) in [5.74, 6) is -6.05. The van der Waals surface area contributed by atoms with Gasteiger partial charge in [-0.05, 0) is 12.8 Å². The minimum absolute atomic E-state index is 0.151. The predicted molar refractivity (Wildman–Crippen MR) is 80.3 cm³/mol. The molecule has 1 aromatic heterocycles. The zero-order chi connectivity index (χ0) is 17.9. The maximum atomic E-state index is 13.6. The molecule has 0 spiro atoms. The van der Waals surface area contributed by atoms with Gasteiger partial charge in [0, 0.05) is 24.2 Å². The molecule has 1 N–H and O–H groups in total. The third-order valence-electron chi connectivity index (χ3n) is 3.77. The van der Waals surface area contributed by atoms with E-state index in [0.29, 0.717) is 12.8 Å². The molecule has 1 amide bonds. The van der Waals surface area contributed by atoms with E-state index in [0.717, 1.165) is 4.68 Å². The van der Waals surface area contributed by atoms with Gasteiger partial charge in [-0.25, -0.2) is 17.6 Å². The summed E-state index contributed by atoms with van der Waals surface area (Å²) in [4.78, 5) is 12.0. The van der Waals surface area contributed by atoms with Crippen LogP contribution in [-0.4, -0.2) is 15.7 Å². The van der Waals surface area contributed by atoms with Gasteiger partial charge in [-0.2, -0.15) is 5.10 Å². The summed E-state index contributed by atoms with van der Waals surface area (Å²) in [5.41, 5.74) is -0.770. The van der Waals surface area contributed by atoms with E-state index in [2.05, 4.69) is 10.4 Å². The predicted octanol–water partition coefficient (Wildman–Crippen LogP) is 3.86. The maximum Gasteiger partial charge on any atom is 0.228 e. The molecule has 0 saturated carbocycles. The number of hydrogen-bond acceptors (Lipinski definition) is 2. The van der Waals surface area contributed by atoms with E-state index in [-0.39, 0.29) is 23.7 Å². The third-order valence-corrected chi connectivity index (χ3v) is 3.77. The Morgan fingerprint density at radius 2 is 1.75 bits per heavy atom. The Morgan fingerprint density at radius 3 is 2.29 bits per heavy atom. The van der Waals surface area contributed by atoms with Crippen molar-refractivity contribution in [3.05, 3.63) is 47.2 Å². The summed E-state index contributed by atoms with van der Waals surface area (Å²) in [5, 5.41) is 6.54. The lowest BCUT2D eigenvalue weighted by atomic mass is 10.0. The van der Waals surface area contributed by atoms with E-state index >= 15 is 0 Å². The second-order valence-corrected chi connectivity index (χ2v) is 5.35.